The number of aliphatic imine (C=N–C) groups is 1. The summed E-state index contributed by atoms with van der Waals surface area (Å²) in [5.74, 6) is 0.271. The van der Waals surface area contributed by atoms with Gasteiger partial charge in [-0.3, -0.25) is 9.98 Å². The first-order valence-electron chi connectivity index (χ1n) is 7.59. The molecule has 131 valence electrons. The molecule has 5 heteroatoms. The molecule has 0 aliphatic heterocycles. The number of nitrogens with zero attached hydrogens (tertiary/aromatic N) is 3. The predicted octanol–water partition coefficient (Wildman–Crippen LogP) is 4.00. The van der Waals surface area contributed by atoms with Crippen molar-refractivity contribution < 1.29 is 25.2 Å². The van der Waals surface area contributed by atoms with Crippen LogP contribution < -0.4 is 0 Å². The molecule has 0 atom stereocenters. The van der Waals surface area contributed by atoms with Gasteiger partial charge in [0.2, 0.25) is 0 Å². The van der Waals surface area contributed by atoms with Crippen molar-refractivity contribution in [1.82, 2.24) is 9.97 Å². The van der Waals surface area contributed by atoms with E-state index in [-0.39, 0.29) is 25.9 Å². The largest absolute Gasteiger partial charge is 0.507 e. The van der Waals surface area contributed by atoms with Crippen molar-refractivity contribution in [2.24, 2.45) is 4.99 Å². The molecule has 3 rings (SSSR count). The Labute approximate surface area is 162 Å². The van der Waals surface area contributed by atoms with Gasteiger partial charge < -0.3 is 10.1 Å². The normalized spacial score (nSPS) is 9.88. The standard InChI is InChI=1S/C12H11N2.C8H9NO.Ir/c1-9-8-13-12(10(2)14-9)11-6-4-3-5-7-11;1-9-6-7-4-2-3-5-8(7)10;/h3-6,8H,1-2H3;2-6,10H,1H3;/q-1;;. The second kappa shape index (κ2) is 10.5. The van der Waals surface area contributed by atoms with E-state index in [1.165, 1.54) is 0 Å². The molecular formula is C20H20IrN3O-. The van der Waals surface area contributed by atoms with Crippen LogP contribution in [-0.4, -0.2) is 28.3 Å². The molecule has 0 bridgehead atoms. The second-order valence-electron chi connectivity index (χ2n) is 5.17. The molecule has 2 aromatic carbocycles. The Morgan fingerprint density at radius 2 is 1.80 bits per heavy atom. The Balaban J connectivity index is 0.000000254. The van der Waals surface area contributed by atoms with Gasteiger partial charge in [-0.25, -0.2) is 0 Å². The van der Waals surface area contributed by atoms with Gasteiger partial charge in [0.25, 0.3) is 0 Å². The third-order valence-electron chi connectivity index (χ3n) is 3.24. The second-order valence-corrected chi connectivity index (χ2v) is 5.17. The number of benzene rings is 2. The van der Waals surface area contributed by atoms with Crippen molar-refractivity contribution in [2.75, 3.05) is 7.05 Å². The number of hydrogen-bond donors (Lipinski definition) is 1. The summed E-state index contributed by atoms with van der Waals surface area (Å²) in [5, 5.41) is 9.15. The SMILES string of the molecule is CN=Cc1ccccc1O.Cc1cnc(-c2[c-]cccc2)c(C)n1.[Ir]. The van der Waals surface area contributed by atoms with Gasteiger partial charge in [-0.05, 0) is 26.0 Å². The summed E-state index contributed by atoms with van der Waals surface area (Å²) in [6.45, 7) is 3.91. The maximum Gasteiger partial charge on any atom is 0.124 e. The Bertz CT molecular complexity index is 820. The first kappa shape index (κ1) is 20.7. The van der Waals surface area contributed by atoms with Gasteiger partial charge in [0.15, 0.2) is 0 Å². The zero-order valence-electron chi connectivity index (χ0n) is 14.4. The van der Waals surface area contributed by atoms with Crippen LogP contribution in [0.3, 0.4) is 0 Å². The first-order chi connectivity index (χ1) is 11.6. The van der Waals surface area contributed by atoms with Gasteiger partial charge in [0.1, 0.15) is 5.75 Å². The molecule has 1 aromatic heterocycles. The molecule has 0 amide bonds. The van der Waals surface area contributed by atoms with Crippen molar-refractivity contribution in [3.05, 3.63) is 77.7 Å². The number of hydrogen-bond acceptors (Lipinski definition) is 4. The fraction of sp³-hybridized carbons (Fsp3) is 0.150. The fourth-order valence-corrected chi connectivity index (χ4v) is 2.14. The van der Waals surface area contributed by atoms with Crippen molar-refractivity contribution in [2.45, 2.75) is 13.8 Å². The number of phenols is 1. The first-order valence-corrected chi connectivity index (χ1v) is 7.59. The van der Waals surface area contributed by atoms with Crippen LogP contribution in [0.5, 0.6) is 5.75 Å². The van der Waals surface area contributed by atoms with Crippen molar-refractivity contribution in [1.29, 1.82) is 0 Å². The molecule has 0 saturated heterocycles. The maximum atomic E-state index is 9.15. The average molecular weight is 511 g/mol. The quantitative estimate of drug-likeness (QED) is 0.419. The maximum absolute atomic E-state index is 9.15. The van der Waals surface area contributed by atoms with E-state index in [4.69, 9.17) is 5.11 Å². The van der Waals surface area contributed by atoms with Gasteiger partial charge in [-0.2, -0.15) is 0 Å². The zero-order valence-corrected chi connectivity index (χ0v) is 16.8. The Morgan fingerprint density at radius 3 is 2.40 bits per heavy atom. The van der Waals surface area contributed by atoms with Crippen LogP contribution >= 0.6 is 0 Å². The topological polar surface area (TPSA) is 58.4 Å². The molecule has 0 saturated carbocycles. The van der Waals surface area contributed by atoms with E-state index in [1.54, 1.807) is 31.6 Å². The molecule has 1 heterocycles. The summed E-state index contributed by atoms with van der Waals surface area (Å²) in [4.78, 5) is 12.5. The van der Waals surface area contributed by atoms with Gasteiger partial charge in [0.05, 0.1) is 5.69 Å². The summed E-state index contributed by atoms with van der Waals surface area (Å²) < 4.78 is 0. The molecule has 25 heavy (non-hydrogen) atoms. The van der Waals surface area contributed by atoms with Gasteiger partial charge in [-0.15, -0.1) is 35.9 Å². The van der Waals surface area contributed by atoms with Crippen LogP contribution in [0.2, 0.25) is 0 Å². The number of rotatable bonds is 2. The van der Waals surface area contributed by atoms with Crippen LogP contribution in [0.1, 0.15) is 17.0 Å². The Morgan fingerprint density at radius 1 is 1.08 bits per heavy atom. The van der Waals surface area contributed by atoms with E-state index in [2.05, 4.69) is 21.0 Å². The van der Waals surface area contributed by atoms with E-state index in [0.29, 0.717) is 0 Å². The van der Waals surface area contributed by atoms with E-state index in [9.17, 15) is 0 Å². The molecule has 3 aromatic rings. The molecule has 0 spiro atoms. The molecule has 4 nitrogen and oxygen atoms in total. The summed E-state index contributed by atoms with van der Waals surface area (Å²) in [6.07, 6.45) is 3.40. The van der Waals surface area contributed by atoms with Crippen molar-refractivity contribution >= 4 is 6.21 Å². The number of aromatic hydroxyl groups is 1. The van der Waals surface area contributed by atoms with Crippen LogP contribution in [0.25, 0.3) is 11.3 Å². The van der Waals surface area contributed by atoms with Crippen LogP contribution in [0, 0.1) is 19.9 Å². The predicted molar refractivity (Wildman–Crippen MR) is 97.4 cm³/mol. The minimum absolute atomic E-state index is 0. The summed E-state index contributed by atoms with van der Waals surface area (Å²) >= 11 is 0. The van der Waals surface area contributed by atoms with Crippen molar-refractivity contribution in [3.63, 3.8) is 0 Å². The summed E-state index contributed by atoms with van der Waals surface area (Å²) in [6, 6.07) is 18.0. The summed E-state index contributed by atoms with van der Waals surface area (Å²) in [5.41, 5.74) is 4.56. The number of aromatic nitrogens is 2. The molecular weight excluding hydrogens is 490 g/mol. The number of aryl methyl sites for hydroxylation is 2. The molecule has 0 aliphatic carbocycles. The Kier molecular flexibility index (Phi) is 8.68. The molecule has 0 aliphatic rings. The van der Waals surface area contributed by atoms with E-state index >= 15 is 0 Å². The number of para-hydroxylation sites is 1. The van der Waals surface area contributed by atoms with E-state index in [0.717, 1.165) is 28.2 Å². The molecule has 1 radical (unpaired) electrons. The van der Waals surface area contributed by atoms with E-state index in [1.807, 2.05) is 50.2 Å². The summed E-state index contributed by atoms with van der Waals surface area (Å²) in [7, 11) is 1.67. The van der Waals surface area contributed by atoms with Crippen molar-refractivity contribution in [3.8, 4) is 17.0 Å². The van der Waals surface area contributed by atoms with Gasteiger partial charge >= 0.3 is 0 Å². The van der Waals surface area contributed by atoms with Gasteiger partial charge in [0, 0.05) is 56.5 Å². The zero-order chi connectivity index (χ0) is 17.4. The third-order valence-corrected chi connectivity index (χ3v) is 3.24. The monoisotopic (exact) mass is 511 g/mol. The van der Waals surface area contributed by atoms with Crippen LogP contribution in [-0.2, 0) is 20.1 Å². The van der Waals surface area contributed by atoms with Crippen LogP contribution in [0.15, 0.2) is 59.7 Å². The Hall–Kier alpha value is -2.36. The van der Waals surface area contributed by atoms with Crippen LogP contribution in [0.4, 0.5) is 0 Å². The van der Waals surface area contributed by atoms with E-state index < -0.39 is 0 Å². The third kappa shape index (κ3) is 6.22. The molecule has 0 unspecified atom stereocenters. The smallest absolute Gasteiger partial charge is 0.124 e. The molecule has 1 N–H and O–H groups in total. The average Bonchev–Trinajstić information content (AvgIpc) is 2.59. The fourth-order valence-electron chi connectivity index (χ4n) is 2.14. The minimum Gasteiger partial charge on any atom is -0.507 e. The minimum atomic E-state index is 0. The molecule has 0 fully saturated rings. The van der Waals surface area contributed by atoms with Gasteiger partial charge in [-0.1, -0.05) is 12.1 Å². The number of phenolic OH excluding ortho intramolecular Hbond substituents is 1.